The number of rotatable bonds is 10. The zero-order valence-corrected chi connectivity index (χ0v) is 15.7. The molecule has 0 heterocycles. The Morgan fingerprint density at radius 1 is 0.913 bits per heavy atom. The predicted molar refractivity (Wildman–Crippen MR) is 103 cm³/mol. The topological polar surface area (TPSA) is 20.2 Å². The van der Waals surface area contributed by atoms with Crippen molar-refractivity contribution < 1.29 is 5.11 Å². The van der Waals surface area contributed by atoms with E-state index in [4.69, 9.17) is 11.5 Å². The zero-order chi connectivity index (χ0) is 17.7. The fourth-order valence-electron chi connectivity index (χ4n) is 2.32. The first-order chi connectivity index (χ1) is 10.9. The van der Waals surface area contributed by atoms with Crippen molar-refractivity contribution in [2.75, 3.05) is 6.61 Å². The van der Waals surface area contributed by atoms with Gasteiger partial charge in [0, 0.05) is 5.92 Å². The maximum Gasteiger partial charge on any atom is 0.0614 e. The second-order valence-corrected chi connectivity index (χ2v) is 6.55. The van der Waals surface area contributed by atoms with Crippen molar-refractivity contribution in [2.45, 2.75) is 66.7 Å². The van der Waals surface area contributed by atoms with Gasteiger partial charge in [0.1, 0.15) is 0 Å². The fraction of sp³-hybridized carbons (Fsp3) is 0.545. The molecule has 0 saturated heterocycles. The maximum atomic E-state index is 8.86. The molecule has 0 amide bonds. The van der Waals surface area contributed by atoms with E-state index in [1.165, 1.54) is 22.3 Å². The molecule has 0 aliphatic heterocycles. The van der Waals surface area contributed by atoms with Gasteiger partial charge in [0.05, 0.1) is 6.61 Å². The number of hydrogen-bond acceptors (Lipinski definition) is 1. The third kappa shape index (κ3) is 11.7. The minimum atomic E-state index is 0.123. The van der Waals surface area contributed by atoms with Gasteiger partial charge in [0.2, 0.25) is 0 Å². The number of aliphatic hydroxyl groups is 1. The third-order valence-electron chi connectivity index (χ3n) is 3.99. The van der Waals surface area contributed by atoms with Gasteiger partial charge >= 0.3 is 0 Å². The minimum Gasteiger partial charge on any atom is -0.392 e. The van der Waals surface area contributed by atoms with E-state index in [1.807, 2.05) is 6.08 Å². The van der Waals surface area contributed by atoms with Gasteiger partial charge in [-0.2, -0.15) is 0 Å². The molecule has 1 N–H and O–H groups in total. The van der Waals surface area contributed by atoms with Crippen molar-refractivity contribution in [1.82, 2.24) is 0 Å². The lowest BCUT2D eigenvalue weighted by Crippen LogP contribution is -1.98. The molecule has 1 atom stereocenters. The Bertz CT molecular complexity index is 491. The fourth-order valence-corrected chi connectivity index (χ4v) is 2.32. The lowest BCUT2D eigenvalue weighted by atomic mass is 9.94. The summed E-state index contributed by atoms with van der Waals surface area (Å²) in [5, 5.41) is 8.86. The molecule has 128 valence electrons. The lowest BCUT2D eigenvalue weighted by Gasteiger charge is -2.10. The molecule has 0 rings (SSSR count). The highest BCUT2D eigenvalue weighted by Gasteiger charge is 2.05. The van der Waals surface area contributed by atoms with Crippen molar-refractivity contribution in [3.63, 3.8) is 0 Å². The monoisotopic (exact) mass is 314 g/mol. The van der Waals surface area contributed by atoms with Crippen LogP contribution in [-0.4, -0.2) is 11.7 Å². The average Bonchev–Trinajstić information content (AvgIpc) is 2.47. The maximum absolute atomic E-state index is 8.86. The van der Waals surface area contributed by atoms with Crippen molar-refractivity contribution >= 4 is 0 Å². The first kappa shape index (κ1) is 21.5. The molecule has 0 aliphatic rings. The van der Waals surface area contributed by atoms with Gasteiger partial charge in [0.25, 0.3) is 0 Å². The van der Waals surface area contributed by atoms with Gasteiger partial charge in [0.15, 0.2) is 0 Å². The predicted octanol–water partition coefficient (Wildman–Crippen LogP) is 5.98. The molecule has 0 spiro atoms. The van der Waals surface area contributed by atoms with Gasteiger partial charge < -0.3 is 5.11 Å². The highest BCUT2D eigenvalue weighted by Crippen LogP contribution is 2.19. The SMILES string of the molecule is C#CC(CC=C(C)CCC=C(C)C)C(C)=CCCC(C)=CCO. The molecule has 23 heavy (non-hydrogen) atoms. The summed E-state index contributed by atoms with van der Waals surface area (Å²) in [5.41, 5.74) is 5.29. The van der Waals surface area contributed by atoms with Crippen LogP contribution in [0.1, 0.15) is 66.7 Å². The highest BCUT2D eigenvalue weighted by molar-refractivity contribution is 5.18. The first-order valence-electron chi connectivity index (χ1n) is 8.59. The number of aliphatic hydroxyl groups excluding tert-OH is 1. The molecular weight excluding hydrogens is 280 g/mol. The summed E-state index contributed by atoms with van der Waals surface area (Å²) in [4.78, 5) is 0. The summed E-state index contributed by atoms with van der Waals surface area (Å²) in [6.07, 6.45) is 19.5. The summed E-state index contributed by atoms with van der Waals surface area (Å²) >= 11 is 0. The van der Waals surface area contributed by atoms with Crippen molar-refractivity contribution in [2.24, 2.45) is 5.92 Å². The summed E-state index contributed by atoms with van der Waals surface area (Å²) in [5.74, 6) is 3.11. The van der Waals surface area contributed by atoms with Crippen LogP contribution < -0.4 is 0 Å². The van der Waals surface area contributed by atoms with Crippen molar-refractivity contribution in [3.05, 3.63) is 46.6 Å². The van der Waals surface area contributed by atoms with Crippen LogP contribution >= 0.6 is 0 Å². The summed E-state index contributed by atoms with van der Waals surface area (Å²) in [6.45, 7) is 10.8. The molecule has 1 unspecified atom stereocenters. The number of hydrogen-bond donors (Lipinski definition) is 1. The molecule has 0 fully saturated rings. The molecular formula is C22H34O. The minimum absolute atomic E-state index is 0.123. The van der Waals surface area contributed by atoms with E-state index in [2.05, 4.69) is 58.8 Å². The largest absolute Gasteiger partial charge is 0.392 e. The molecule has 0 aromatic heterocycles. The molecule has 0 aromatic rings. The quantitative estimate of drug-likeness (QED) is 0.388. The Balaban J connectivity index is 4.44. The molecule has 0 bridgehead atoms. The molecule has 0 radical (unpaired) electrons. The van der Waals surface area contributed by atoms with Crippen LogP contribution in [0.3, 0.4) is 0 Å². The van der Waals surface area contributed by atoms with E-state index in [0.29, 0.717) is 0 Å². The summed E-state index contributed by atoms with van der Waals surface area (Å²) in [7, 11) is 0. The zero-order valence-electron chi connectivity index (χ0n) is 15.7. The van der Waals surface area contributed by atoms with Crippen molar-refractivity contribution in [3.8, 4) is 12.3 Å². The second-order valence-electron chi connectivity index (χ2n) is 6.55. The van der Waals surface area contributed by atoms with Crippen LogP contribution in [-0.2, 0) is 0 Å². The van der Waals surface area contributed by atoms with Crippen LogP contribution in [0.4, 0.5) is 0 Å². The molecule has 0 saturated carbocycles. The molecule has 0 aromatic carbocycles. The Kier molecular flexibility index (Phi) is 12.1. The normalized spacial score (nSPS) is 14.4. The van der Waals surface area contributed by atoms with Gasteiger partial charge in [-0.25, -0.2) is 0 Å². The Labute approximate surface area is 143 Å². The smallest absolute Gasteiger partial charge is 0.0614 e. The van der Waals surface area contributed by atoms with Gasteiger partial charge in [-0.3, -0.25) is 0 Å². The van der Waals surface area contributed by atoms with Crippen LogP contribution in [0.2, 0.25) is 0 Å². The van der Waals surface area contributed by atoms with Gasteiger partial charge in [-0.05, 0) is 66.7 Å². The first-order valence-corrected chi connectivity index (χ1v) is 8.59. The Morgan fingerprint density at radius 3 is 2.00 bits per heavy atom. The van der Waals surface area contributed by atoms with Crippen LogP contribution in [0.15, 0.2) is 46.6 Å². The molecule has 1 nitrogen and oxygen atoms in total. The second kappa shape index (κ2) is 13.0. The Morgan fingerprint density at radius 2 is 1.48 bits per heavy atom. The summed E-state index contributed by atoms with van der Waals surface area (Å²) in [6, 6.07) is 0. The van der Waals surface area contributed by atoms with Crippen LogP contribution in [0.5, 0.6) is 0 Å². The van der Waals surface area contributed by atoms with Gasteiger partial charge in [-0.1, -0.05) is 52.5 Å². The third-order valence-corrected chi connectivity index (χ3v) is 3.99. The molecule has 0 aliphatic carbocycles. The van der Waals surface area contributed by atoms with E-state index < -0.39 is 0 Å². The average molecular weight is 315 g/mol. The van der Waals surface area contributed by atoms with E-state index in [-0.39, 0.29) is 12.5 Å². The highest BCUT2D eigenvalue weighted by atomic mass is 16.2. The Hall–Kier alpha value is -1.52. The van der Waals surface area contributed by atoms with E-state index in [9.17, 15) is 0 Å². The van der Waals surface area contributed by atoms with Crippen LogP contribution in [0.25, 0.3) is 0 Å². The van der Waals surface area contributed by atoms with Crippen LogP contribution in [0, 0.1) is 18.3 Å². The van der Waals surface area contributed by atoms with E-state index in [1.54, 1.807) is 0 Å². The molecule has 1 heteroatoms. The van der Waals surface area contributed by atoms with Gasteiger partial charge in [-0.15, -0.1) is 6.42 Å². The number of allylic oxidation sites excluding steroid dienone is 7. The lowest BCUT2D eigenvalue weighted by molar-refractivity contribution is 0.341. The standard InChI is InChI=1S/C22H34O/c1-7-22(15-14-19(4)11-8-10-18(2)3)21(6)13-9-12-20(5)16-17-23/h1,10,13-14,16,22-23H,8-9,11-12,15,17H2,2-6H3. The number of terminal acetylenes is 1. The van der Waals surface area contributed by atoms with E-state index >= 15 is 0 Å². The van der Waals surface area contributed by atoms with Crippen molar-refractivity contribution in [1.29, 1.82) is 0 Å². The summed E-state index contributed by atoms with van der Waals surface area (Å²) < 4.78 is 0. The van der Waals surface area contributed by atoms with E-state index in [0.717, 1.165) is 32.1 Å².